The summed E-state index contributed by atoms with van der Waals surface area (Å²) in [5, 5.41) is 0.847. The molecule has 1 saturated heterocycles. The van der Waals surface area contributed by atoms with E-state index in [2.05, 4.69) is 22.8 Å². The summed E-state index contributed by atoms with van der Waals surface area (Å²) in [6.07, 6.45) is 2.16. The number of nitrogens with zero attached hydrogens (tertiary/aromatic N) is 2. The second kappa shape index (κ2) is 10.6. The van der Waals surface area contributed by atoms with Gasteiger partial charge in [0.15, 0.2) is 11.5 Å². The van der Waals surface area contributed by atoms with Crippen molar-refractivity contribution < 1.29 is 14.2 Å². The lowest BCUT2D eigenvalue weighted by Crippen LogP contribution is -2.46. The molecule has 5 nitrogen and oxygen atoms in total. The maximum atomic E-state index is 6.27. The molecule has 0 atom stereocenters. The summed E-state index contributed by atoms with van der Waals surface area (Å²) >= 11 is 6.27. The Labute approximate surface area is 179 Å². The Bertz CT molecular complexity index is 792. The van der Waals surface area contributed by atoms with Gasteiger partial charge in [-0.1, -0.05) is 17.7 Å². The first-order valence-electron chi connectivity index (χ1n) is 10.2. The molecule has 6 heteroatoms. The van der Waals surface area contributed by atoms with E-state index in [9.17, 15) is 0 Å². The summed E-state index contributed by atoms with van der Waals surface area (Å²) in [4.78, 5) is 4.98. The lowest BCUT2D eigenvalue weighted by molar-refractivity contribution is 0.238. The standard InChI is InChI=1S/C23H31ClN2O3/c1-18-20(24)7-6-8-21(18)26-14-12-25(13-15-26)11-4-5-16-29-19-9-10-22(27-2)23(17-19)28-3/h6-10,17H,4-5,11-16H2,1-3H3. The van der Waals surface area contributed by atoms with E-state index in [1.807, 2.05) is 30.3 Å². The molecule has 0 aromatic heterocycles. The zero-order valence-corrected chi connectivity index (χ0v) is 18.4. The van der Waals surface area contributed by atoms with Crippen molar-refractivity contribution >= 4 is 17.3 Å². The van der Waals surface area contributed by atoms with Crippen molar-refractivity contribution in [1.82, 2.24) is 4.90 Å². The zero-order valence-electron chi connectivity index (χ0n) is 17.6. The van der Waals surface area contributed by atoms with Crippen molar-refractivity contribution in [3.63, 3.8) is 0 Å². The number of halogens is 1. The average molecular weight is 419 g/mol. The van der Waals surface area contributed by atoms with Crippen LogP contribution in [0.2, 0.25) is 5.02 Å². The van der Waals surface area contributed by atoms with E-state index in [0.29, 0.717) is 18.1 Å². The normalized spacial score (nSPS) is 14.7. The fourth-order valence-electron chi connectivity index (χ4n) is 3.68. The van der Waals surface area contributed by atoms with Gasteiger partial charge in [0.25, 0.3) is 0 Å². The molecule has 2 aromatic rings. The smallest absolute Gasteiger partial charge is 0.164 e. The van der Waals surface area contributed by atoms with Crippen molar-refractivity contribution in [2.45, 2.75) is 19.8 Å². The van der Waals surface area contributed by atoms with E-state index in [0.717, 1.165) is 56.3 Å². The number of methoxy groups -OCH3 is 2. The predicted octanol–water partition coefficient (Wildman–Crippen LogP) is 4.65. The molecule has 29 heavy (non-hydrogen) atoms. The molecule has 1 aliphatic rings. The monoisotopic (exact) mass is 418 g/mol. The second-order valence-corrected chi connectivity index (χ2v) is 7.69. The third kappa shape index (κ3) is 5.71. The average Bonchev–Trinajstić information content (AvgIpc) is 2.76. The van der Waals surface area contributed by atoms with Gasteiger partial charge in [0, 0.05) is 43.0 Å². The summed E-state index contributed by atoms with van der Waals surface area (Å²) in [5.74, 6) is 2.22. The van der Waals surface area contributed by atoms with E-state index in [1.165, 1.54) is 11.3 Å². The van der Waals surface area contributed by atoms with E-state index >= 15 is 0 Å². The van der Waals surface area contributed by atoms with Crippen LogP contribution in [0, 0.1) is 6.92 Å². The van der Waals surface area contributed by atoms with Crippen LogP contribution >= 0.6 is 11.6 Å². The lowest BCUT2D eigenvalue weighted by atomic mass is 10.1. The Hall–Kier alpha value is -2.11. The predicted molar refractivity (Wildman–Crippen MR) is 119 cm³/mol. The van der Waals surface area contributed by atoms with Crippen molar-refractivity contribution in [2.24, 2.45) is 0 Å². The fraction of sp³-hybridized carbons (Fsp3) is 0.478. The van der Waals surface area contributed by atoms with Crippen LogP contribution in [0.4, 0.5) is 5.69 Å². The van der Waals surface area contributed by atoms with Crippen LogP contribution in [0.1, 0.15) is 18.4 Å². The van der Waals surface area contributed by atoms with Crippen LogP contribution in [0.3, 0.4) is 0 Å². The van der Waals surface area contributed by atoms with Gasteiger partial charge in [-0.15, -0.1) is 0 Å². The number of ether oxygens (including phenoxy) is 3. The summed E-state index contributed by atoms with van der Waals surface area (Å²) in [6, 6.07) is 11.8. The zero-order chi connectivity index (χ0) is 20.6. The first kappa shape index (κ1) is 21.6. The van der Waals surface area contributed by atoms with Crippen LogP contribution < -0.4 is 19.1 Å². The quantitative estimate of drug-likeness (QED) is 0.554. The maximum absolute atomic E-state index is 6.27. The molecule has 1 heterocycles. The van der Waals surface area contributed by atoms with Gasteiger partial charge in [-0.25, -0.2) is 0 Å². The molecule has 0 spiro atoms. The molecule has 1 fully saturated rings. The molecule has 0 bridgehead atoms. The van der Waals surface area contributed by atoms with Gasteiger partial charge < -0.3 is 19.1 Å². The highest BCUT2D eigenvalue weighted by atomic mass is 35.5. The van der Waals surface area contributed by atoms with Crippen LogP contribution in [0.15, 0.2) is 36.4 Å². The largest absolute Gasteiger partial charge is 0.493 e. The van der Waals surface area contributed by atoms with Gasteiger partial charge in [0.2, 0.25) is 0 Å². The minimum absolute atomic E-state index is 0.692. The van der Waals surface area contributed by atoms with E-state index < -0.39 is 0 Å². The van der Waals surface area contributed by atoms with Gasteiger partial charge in [-0.3, -0.25) is 4.90 Å². The molecule has 2 aromatic carbocycles. The number of hydrogen-bond acceptors (Lipinski definition) is 5. The number of piperazine rings is 1. The van der Waals surface area contributed by atoms with Gasteiger partial charge in [0.05, 0.1) is 20.8 Å². The van der Waals surface area contributed by atoms with E-state index in [4.69, 9.17) is 25.8 Å². The molecule has 0 amide bonds. The number of rotatable bonds is 9. The highest BCUT2D eigenvalue weighted by molar-refractivity contribution is 6.31. The van der Waals surface area contributed by atoms with Crippen LogP contribution in [-0.2, 0) is 0 Å². The van der Waals surface area contributed by atoms with Gasteiger partial charge in [0.1, 0.15) is 5.75 Å². The van der Waals surface area contributed by atoms with E-state index in [-0.39, 0.29) is 0 Å². The second-order valence-electron chi connectivity index (χ2n) is 7.29. The Kier molecular flexibility index (Phi) is 7.90. The van der Waals surface area contributed by atoms with Gasteiger partial charge >= 0.3 is 0 Å². The number of hydrogen-bond donors (Lipinski definition) is 0. The highest BCUT2D eigenvalue weighted by Crippen LogP contribution is 2.31. The first-order chi connectivity index (χ1) is 14.1. The molecule has 0 saturated carbocycles. The highest BCUT2D eigenvalue weighted by Gasteiger charge is 2.18. The molecule has 158 valence electrons. The molecular weight excluding hydrogens is 388 g/mol. The SMILES string of the molecule is COc1ccc(OCCCCN2CCN(c3cccc(Cl)c3C)CC2)cc1OC. The third-order valence-corrected chi connectivity index (χ3v) is 5.85. The summed E-state index contributed by atoms with van der Waals surface area (Å²) in [7, 11) is 3.27. The molecule has 0 aliphatic carbocycles. The molecule has 3 rings (SSSR count). The fourth-order valence-corrected chi connectivity index (χ4v) is 3.85. The van der Waals surface area contributed by atoms with Crippen molar-refractivity contribution in [3.8, 4) is 17.2 Å². The number of benzene rings is 2. The summed E-state index contributed by atoms with van der Waals surface area (Å²) in [6.45, 7) is 8.18. The lowest BCUT2D eigenvalue weighted by Gasteiger charge is -2.37. The van der Waals surface area contributed by atoms with Crippen molar-refractivity contribution in [2.75, 3.05) is 58.5 Å². The van der Waals surface area contributed by atoms with Crippen molar-refractivity contribution in [3.05, 3.63) is 47.0 Å². The Morgan fingerprint density at radius 3 is 2.41 bits per heavy atom. The molecule has 0 N–H and O–H groups in total. The molecule has 0 unspecified atom stereocenters. The maximum Gasteiger partial charge on any atom is 0.164 e. The van der Waals surface area contributed by atoms with E-state index in [1.54, 1.807) is 14.2 Å². The first-order valence-corrected chi connectivity index (χ1v) is 10.6. The summed E-state index contributed by atoms with van der Waals surface area (Å²) in [5.41, 5.74) is 2.44. The number of anilines is 1. The third-order valence-electron chi connectivity index (χ3n) is 5.44. The molecule has 1 aliphatic heterocycles. The molecule has 0 radical (unpaired) electrons. The minimum Gasteiger partial charge on any atom is -0.493 e. The Morgan fingerprint density at radius 2 is 1.69 bits per heavy atom. The Balaban J connectivity index is 1.35. The van der Waals surface area contributed by atoms with Crippen LogP contribution in [0.5, 0.6) is 17.2 Å². The van der Waals surface area contributed by atoms with Crippen molar-refractivity contribution in [1.29, 1.82) is 0 Å². The van der Waals surface area contributed by atoms with Gasteiger partial charge in [-0.2, -0.15) is 0 Å². The minimum atomic E-state index is 0.692. The molecular formula is C23H31ClN2O3. The summed E-state index contributed by atoms with van der Waals surface area (Å²) < 4.78 is 16.4. The van der Waals surface area contributed by atoms with Gasteiger partial charge in [-0.05, 0) is 56.1 Å². The number of unbranched alkanes of at least 4 members (excludes halogenated alkanes) is 1. The van der Waals surface area contributed by atoms with Crippen LogP contribution in [-0.4, -0.2) is 58.5 Å². The van der Waals surface area contributed by atoms with Crippen LogP contribution in [0.25, 0.3) is 0 Å². The topological polar surface area (TPSA) is 34.2 Å². The Morgan fingerprint density at radius 1 is 0.931 bits per heavy atom.